The van der Waals surface area contributed by atoms with Crippen LogP contribution in [0.4, 0.5) is 0 Å². The monoisotopic (exact) mass is 480 g/mol. The van der Waals surface area contributed by atoms with Gasteiger partial charge >= 0.3 is 5.97 Å². The minimum absolute atomic E-state index is 0.353. The van der Waals surface area contributed by atoms with Gasteiger partial charge in [-0.2, -0.15) is 0 Å². The first-order chi connectivity index (χ1) is 17.5. The lowest BCUT2D eigenvalue weighted by molar-refractivity contribution is -0.137. The van der Waals surface area contributed by atoms with Crippen LogP contribution in [-0.4, -0.2) is 19.7 Å². The summed E-state index contributed by atoms with van der Waals surface area (Å²) in [7, 11) is 1.68. The van der Waals surface area contributed by atoms with Crippen LogP contribution in [0.15, 0.2) is 84.9 Å². The van der Waals surface area contributed by atoms with Gasteiger partial charge < -0.3 is 14.2 Å². The molecule has 36 heavy (non-hydrogen) atoms. The van der Waals surface area contributed by atoms with Gasteiger partial charge in [-0.05, 0) is 77.7 Å². The molecular formula is C32H32O4. The molecule has 184 valence electrons. The van der Waals surface area contributed by atoms with Crippen LogP contribution in [-0.2, 0) is 16.0 Å². The van der Waals surface area contributed by atoms with Gasteiger partial charge in [-0.15, -0.1) is 0 Å². The molecule has 0 aromatic heterocycles. The summed E-state index contributed by atoms with van der Waals surface area (Å²) in [5, 5.41) is 2.10. The maximum atomic E-state index is 11.6. The van der Waals surface area contributed by atoms with E-state index in [4.69, 9.17) is 14.2 Å². The van der Waals surface area contributed by atoms with Gasteiger partial charge in [0.15, 0.2) is 0 Å². The molecule has 4 aromatic carbocycles. The van der Waals surface area contributed by atoms with E-state index in [1.54, 1.807) is 20.1 Å². The zero-order valence-corrected chi connectivity index (χ0v) is 21.3. The van der Waals surface area contributed by atoms with Crippen molar-refractivity contribution >= 4 is 22.8 Å². The molecule has 0 saturated heterocycles. The first-order valence-corrected chi connectivity index (χ1v) is 12.3. The molecule has 4 rings (SSSR count). The first-order valence-electron chi connectivity index (χ1n) is 12.3. The smallest absolute Gasteiger partial charge is 0.330 e. The number of hydrogen-bond acceptors (Lipinski definition) is 4. The maximum absolute atomic E-state index is 11.6. The topological polar surface area (TPSA) is 44.8 Å². The Morgan fingerprint density at radius 2 is 1.64 bits per heavy atom. The van der Waals surface area contributed by atoms with Crippen LogP contribution in [0.2, 0.25) is 0 Å². The van der Waals surface area contributed by atoms with Crippen LogP contribution in [0, 0.1) is 5.92 Å². The average molecular weight is 481 g/mol. The lowest BCUT2D eigenvalue weighted by Crippen LogP contribution is -2.01. The largest absolute Gasteiger partial charge is 0.497 e. The van der Waals surface area contributed by atoms with E-state index in [0.29, 0.717) is 12.5 Å². The minimum atomic E-state index is -0.353. The summed E-state index contributed by atoms with van der Waals surface area (Å²) < 4.78 is 17.1. The molecule has 0 aliphatic carbocycles. The Morgan fingerprint density at radius 1 is 0.917 bits per heavy atom. The molecule has 0 unspecified atom stereocenters. The fraction of sp³-hybridized carbons (Fsp3) is 0.219. The Labute approximate surface area is 213 Å². The number of fused-ring (bicyclic) bond motifs is 1. The Bertz CT molecular complexity index is 1350. The van der Waals surface area contributed by atoms with Gasteiger partial charge in [0.1, 0.15) is 17.2 Å². The molecule has 0 heterocycles. The first kappa shape index (κ1) is 25.1. The third-order valence-electron chi connectivity index (χ3n) is 5.87. The Balaban J connectivity index is 1.81. The van der Waals surface area contributed by atoms with Gasteiger partial charge in [-0.1, -0.05) is 62.4 Å². The second-order valence-electron chi connectivity index (χ2n) is 9.05. The van der Waals surface area contributed by atoms with Gasteiger partial charge in [-0.25, -0.2) is 4.79 Å². The normalized spacial score (nSPS) is 11.2. The van der Waals surface area contributed by atoms with Crippen LogP contribution >= 0.6 is 0 Å². The van der Waals surface area contributed by atoms with Crippen molar-refractivity contribution in [1.82, 2.24) is 0 Å². The molecule has 4 aromatic rings. The van der Waals surface area contributed by atoms with E-state index in [1.807, 2.05) is 36.4 Å². The van der Waals surface area contributed by atoms with Gasteiger partial charge in [-0.3, -0.25) is 0 Å². The summed E-state index contributed by atoms with van der Waals surface area (Å²) in [5.74, 6) is 2.49. The van der Waals surface area contributed by atoms with Crippen molar-refractivity contribution in [2.45, 2.75) is 27.2 Å². The van der Waals surface area contributed by atoms with Crippen molar-refractivity contribution in [3.63, 3.8) is 0 Å². The standard InChI is InChI=1S/C32H32O4/c1-5-35-30(33)18-13-23-11-14-27(15-12-23)36-32-29-17-16-28(34-4)21-25(29)20-26(19-22(2)3)31(32)24-9-7-6-8-10-24/h6-18,20-22H,5,19H2,1-4H3. The second-order valence-corrected chi connectivity index (χ2v) is 9.05. The zero-order chi connectivity index (χ0) is 25.5. The highest BCUT2D eigenvalue weighted by molar-refractivity contribution is 5.98. The fourth-order valence-corrected chi connectivity index (χ4v) is 4.28. The number of carbonyl (C=O) groups excluding carboxylic acids is 1. The Kier molecular flexibility index (Phi) is 8.06. The lowest BCUT2D eigenvalue weighted by atomic mass is 9.89. The predicted molar refractivity (Wildman–Crippen MR) is 147 cm³/mol. The van der Waals surface area contributed by atoms with Gasteiger partial charge in [0.25, 0.3) is 0 Å². The average Bonchev–Trinajstić information content (AvgIpc) is 2.88. The van der Waals surface area contributed by atoms with Crippen molar-refractivity contribution in [1.29, 1.82) is 0 Å². The van der Waals surface area contributed by atoms with E-state index in [0.717, 1.165) is 51.1 Å². The molecule has 4 nitrogen and oxygen atoms in total. The summed E-state index contributed by atoms with van der Waals surface area (Å²) in [4.78, 5) is 11.6. The van der Waals surface area contributed by atoms with E-state index < -0.39 is 0 Å². The molecule has 0 amide bonds. The SMILES string of the molecule is CCOC(=O)C=Cc1ccc(Oc2c(-c3ccccc3)c(CC(C)C)cc3cc(OC)ccc23)cc1. The Morgan fingerprint density at radius 3 is 2.31 bits per heavy atom. The highest BCUT2D eigenvalue weighted by Gasteiger charge is 2.19. The maximum Gasteiger partial charge on any atom is 0.330 e. The molecular weight excluding hydrogens is 448 g/mol. The predicted octanol–water partition coefficient (Wildman–Crippen LogP) is 8.08. The molecule has 0 saturated carbocycles. The van der Waals surface area contributed by atoms with E-state index >= 15 is 0 Å². The highest BCUT2D eigenvalue weighted by Crippen LogP contribution is 2.43. The van der Waals surface area contributed by atoms with Crippen LogP contribution < -0.4 is 9.47 Å². The number of ether oxygens (including phenoxy) is 3. The number of carbonyl (C=O) groups is 1. The highest BCUT2D eigenvalue weighted by atomic mass is 16.5. The molecule has 0 bridgehead atoms. The molecule has 0 atom stereocenters. The van der Waals surface area contributed by atoms with Crippen LogP contribution in [0.3, 0.4) is 0 Å². The molecule has 4 heteroatoms. The van der Waals surface area contributed by atoms with E-state index in [9.17, 15) is 4.79 Å². The summed E-state index contributed by atoms with van der Waals surface area (Å²) in [6.07, 6.45) is 4.09. The van der Waals surface area contributed by atoms with Crippen LogP contribution in [0.5, 0.6) is 17.2 Å². The molecule has 0 aliphatic heterocycles. The number of benzene rings is 4. The summed E-state index contributed by atoms with van der Waals surface area (Å²) in [6, 6.07) is 26.4. The number of methoxy groups -OCH3 is 1. The third-order valence-corrected chi connectivity index (χ3v) is 5.87. The van der Waals surface area contributed by atoms with Gasteiger partial charge in [0.2, 0.25) is 0 Å². The van der Waals surface area contributed by atoms with Crippen molar-refractivity contribution in [3.05, 3.63) is 96.1 Å². The third kappa shape index (κ3) is 5.95. The van der Waals surface area contributed by atoms with Crippen molar-refractivity contribution < 1.29 is 19.0 Å². The molecule has 0 spiro atoms. The van der Waals surface area contributed by atoms with Gasteiger partial charge in [0.05, 0.1) is 13.7 Å². The van der Waals surface area contributed by atoms with E-state index in [2.05, 4.69) is 56.3 Å². The Hall–Kier alpha value is -4.05. The molecule has 0 aliphatic rings. The lowest BCUT2D eigenvalue weighted by Gasteiger charge is -2.20. The van der Waals surface area contributed by atoms with E-state index in [1.165, 1.54) is 11.6 Å². The molecule has 0 radical (unpaired) electrons. The van der Waals surface area contributed by atoms with Crippen molar-refractivity contribution in [2.24, 2.45) is 5.92 Å². The number of esters is 1. The number of hydrogen-bond donors (Lipinski definition) is 0. The zero-order valence-electron chi connectivity index (χ0n) is 21.3. The van der Waals surface area contributed by atoms with Gasteiger partial charge in [0, 0.05) is 17.0 Å². The summed E-state index contributed by atoms with van der Waals surface area (Å²) >= 11 is 0. The number of rotatable bonds is 9. The fourth-order valence-electron chi connectivity index (χ4n) is 4.28. The summed E-state index contributed by atoms with van der Waals surface area (Å²) in [5.41, 5.74) is 4.35. The second kappa shape index (κ2) is 11.6. The quantitative estimate of drug-likeness (QED) is 0.179. The van der Waals surface area contributed by atoms with E-state index in [-0.39, 0.29) is 5.97 Å². The minimum Gasteiger partial charge on any atom is -0.497 e. The molecule has 0 fully saturated rings. The van der Waals surface area contributed by atoms with Crippen molar-refractivity contribution in [3.8, 4) is 28.4 Å². The van der Waals surface area contributed by atoms with Crippen LogP contribution in [0.25, 0.3) is 28.0 Å². The van der Waals surface area contributed by atoms with Crippen LogP contribution in [0.1, 0.15) is 31.9 Å². The molecule has 0 N–H and O–H groups in total. The summed E-state index contributed by atoms with van der Waals surface area (Å²) in [6.45, 7) is 6.61. The van der Waals surface area contributed by atoms with Crippen molar-refractivity contribution in [2.75, 3.05) is 13.7 Å².